The van der Waals surface area contributed by atoms with Crippen molar-refractivity contribution in [1.82, 2.24) is 0 Å². The van der Waals surface area contributed by atoms with Gasteiger partial charge in [0.05, 0.1) is 5.39 Å². The van der Waals surface area contributed by atoms with Gasteiger partial charge in [0.2, 0.25) is 11.2 Å². The zero-order valence-electron chi connectivity index (χ0n) is 15.7. The summed E-state index contributed by atoms with van der Waals surface area (Å²) in [4.78, 5) is 24.8. The molecule has 4 rings (SSSR count). The van der Waals surface area contributed by atoms with Crippen LogP contribution in [0, 0.1) is 13.8 Å². The van der Waals surface area contributed by atoms with Crippen LogP contribution in [0.4, 0.5) is 0 Å². The first-order valence-electron chi connectivity index (χ1n) is 9.15. The maximum absolute atomic E-state index is 12.8. The normalized spacial score (nSPS) is 16.3. The minimum Gasteiger partial charge on any atom is -0.460 e. The number of rotatable bonds is 4. The first-order valence-corrected chi connectivity index (χ1v) is 9.15. The van der Waals surface area contributed by atoms with Crippen LogP contribution in [0.1, 0.15) is 24.0 Å². The zero-order chi connectivity index (χ0) is 19.7. The smallest absolute Gasteiger partial charge is 0.340 e. The van der Waals surface area contributed by atoms with Crippen molar-refractivity contribution in [2.45, 2.75) is 32.8 Å². The highest BCUT2D eigenvalue weighted by molar-refractivity contribution is 5.82. The second-order valence-electron chi connectivity index (χ2n) is 6.88. The van der Waals surface area contributed by atoms with E-state index in [4.69, 9.17) is 18.6 Å². The van der Waals surface area contributed by atoms with Crippen LogP contribution in [0.3, 0.4) is 0 Å². The van der Waals surface area contributed by atoms with E-state index in [1.807, 2.05) is 32.0 Å². The largest absolute Gasteiger partial charge is 0.460 e. The molecule has 0 amide bonds. The molecule has 2 aromatic carbocycles. The molecule has 2 heterocycles. The van der Waals surface area contributed by atoms with Crippen LogP contribution >= 0.6 is 0 Å². The van der Waals surface area contributed by atoms with Gasteiger partial charge in [0.25, 0.3) is 0 Å². The van der Waals surface area contributed by atoms with Gasteiger partial charge in [-0.05, 0) is 56.0 Å². The number of ether oxygens (including phenoxy) is 3. The molecule has 0 spiro atoms. The van der Waals surface area contributed by atoms with Crippen molar-refractivity contribution in [3.8, 4) is 17.2 Å². The summed E-state index contributed by atoms with van der Waals surface area (Å²) >= 11 is 0. The number of hydrogen-bond acceptors (Lipinski definition) is 6. The van der Waals surface area contributed by atoms with E-state index in [0.717, 1.165) is 17.5 Å². The number of fused-ring (bicyclic) bond motifs is 1. The molecule has 1 fully saturated rings. The van der Waals surface area contributed by atoms with Crippen LogP contribution < -0.4 is 14.9 Å². The fraction of sp³-hybridized carbons (Fsp3) is 0.273. The van der Waals surface area contributed by atoms with E-state index >= 15 is 0 Å². The summed E-state index contributed by atoms with van der Waals surface area (Å²) in [5.41, 5.74) is 1.97. The maximum atomic E-state index is 12.8. The summed E-state index contributed by atoms with van der Waals surface area (Å²) in [7, 11) is 0. The molecule has 1 unspecified atom stereocenters. The lowest BCUT2D eigenvalue weighted by Crippen LogP contribution is -2.24. The van der Waals surface area contributed by atoms with Crippen LogP contribution in [-0.4, -0.2) is 18.7 Å². The minimum atomic E-state index is -0.531. The van der Waals surface area contributed by atoms with Gasteiger partial charge in [-0.1, -0.05) is 12.1 Å². The molecule has 6 nitrogen and oxygen atoms in total. The molecule has 1 aliphatic heterocycles. The second kappa shape index (κ2) is 7.48. The fourth-order valence-electron chi connectivity index (χ4n) is 3.11. The molecule has 0 saturated carbocycles. The van der Waals surface area contributed by atoms with Gasteiger partial charge in [-0.3, -0.25) is 4.79 Å². The van der Waals surface area contributed by atoms with Crippen molar-refractivity contribution in [3.63, 3.8) is 0 Å². The van der Waals surface area contributed by atoms with Gasteiger partial charge in [-0.25, -0.2) is 4.79 Å². The molecule has 144 valence electrons. The van der Waals surface area contributed by atoms with Gasteiger partial charge in [0.15, 0.2) is 6.10 Å². The van der Waals surface area contributed by atoms with Crippen LogP contribution in [0.15, 0.2) is 51.9 Å². The monoisotopic (exact) mass is 380 g/mol. The van der Waals surface area contributed by atoms with Crippen LogP contribution in [0.2, 0.25) is 0 Å². The summed E-state index contributed by atoms with van der Waals surface area (Å²) in [5, 5.41) is 0.347. The van der Waals surface area contributed by atoms with Gasteiger partial charge >= 0.3 is 5.97 Å². The number of hydrogen-bond donors (Lipinski definition) is 0. The maximum Gasteiger partial charge on any atom is 0.340 e. The molecule has 1 saturated heterocycles. The van der Waals surface area contributed by atoms with Crippen LogP contribution in [0.5, 0.6) is 17.2 Å². The van der Waals surface area contributed by atoms with E-state index in [-0.39, 0.29) is 11.2 Å². The van der Waals surface area contributed by atoms with Crippen molar-refractivity contribution in [3.05, 3.63) is 64.0 Å². The van der Waals surface area contributed by atoms with E-state index in [9.17, 15) is 9.59 Å². The number of aryl methyl sites for hydroxylation is 2. The first-order chi connectivity index (χ1) is 13.5. The Balaban J connectivity index is 1.60. The molecule has 0 radical (unpaired) electrons. The molecule has 0 aliphatic carbocycles. The number of benzene rings is 2. The van der Waals surface area contributed by atoms with Gasteiger partial charge in [0, 0.05) is 12.7 Å². The highest BCUT2D eigenvalue weighted by atomic mass is 16.6. The Kier molecular flexibility index (Phi) is 4.88. The Bertz CT molecular complexity index is 1090. The van der Waals surface area contributed by atoms with Crippen molar-refractivity contribution < 1.29 is 23.4 Å². The molecular formula is C22H20O6. The molecule has 28 heavy (non-hydrogen) atoms. The lowest BCUT2D eigenvalue weighted by Gasteiger charge is -2.11. The Hall–Kier alpha value is -3.12. The van der Waals surface area contributed by atoms with E-state index in [2.05, 4.69) is 0 Å². The lowest BCUT2D eigenvalue weighted by molar-refractivity contribution is -0.144. The first kappa shape index (κ1) is 18.3. The quantitative estimate of drug-likeness (QED) is 0.497. The average Bonchev–Trinajstić information content (AvgIpc) is 3.22. The number of carbonyl (C=O) groups is 1. The van der Waals surface area contributed by atoms with Crippen LogP contribution in [-0.2, 0) is 9.53 Å². The zero-order valence-corrected chi connectivity index (χ0v) is 15.7. The van der Waals surface area contributed by atoms with E-state index in [1.165, 1.54) is 12.3 Å². The average molecular weight is 380 g/mol. The predicted molar refractivity (Wildman–Crippen MR) is 103 cm³/mol. The molecule has 6 heteroatoms. The molecule has 0 N–H and O–H groups in total. The van der Waals surface area contributed by atoms with Gasteiger partial charge in [-0.2, -0.15) is 0 Å². The molecular weight excluding hydrogens is 360 g/mol. The second-order valence-corrected chi connectivity index (χ2v) is 6.88. The van der Waals surface area contributed by atoms with Crippen molar-refractivity contribution in [2.24, 2.45) is 0 Å². The summed E-state index contributed by atoms with van der Waals surface area (Å²) < 4.78 is 22.0. The Morgan fingerprint density at radius 3 is 2.75 bits per heavy atom. The van der Waals surface area contributed by atoms with Crippen molar-refractivity contribution >= 4 is 16.9 Å². The summed E-state index contributed by atoms with van der Waals surface area (Å²) in [6, 6.07) is 10.4. The van der Waals surface area contributed by atoms with Gasteiger partial charge < -0.3 is 18.6 Å². The number of carbonyl (C=O) groups excluding carboxylic acids is 1. The molecule has 1 aliphatic rings. The Labute approximate surface area is 161 Å². The summed E-state index contributed by atoms with van der Waals surface area (Å²) in [5.74, 6) is 0.576. The molecule has 1 atom stereocenters. The van der Waals surface area contributed by atoms with Crippen molar-refractivity contribution in [2.75, 3.05) is 6.61 Å². The van der Waals surface area contributed by atoms with Crippen molar-refractivity contribution in [1.29, 1.82) is 0 Å². The highest BCUT2D eigenvalue weighted by Crippen LogP contribution is 2.27. The third kappa shape index (κ3) is 3.64. The molecule has 0 bridgehead atoms. The third-order valence-corrected chi connectivity index (χ3v) is 4.69. The highest BCUT2D eigenvalue weighted by Gasteiger charge is 2.25. The predicted octanol–water partition coefficient (Wildman–Crippen LogP) is 4.29. The topological polar surface area (TPSA) is 75.0 Å². The summed E-state index contributed by atoms with van der Waals surface area (Å²) in [6.07, 6.45) is 2.24. The third-order valence-electron chi connectivity index (χ3n) is 4.69. The Morgan fingerprint density at radius 2 is 1.96 bits per heavy atom. The lowest BCUT2D eigenvalue weighted by atomic mass is 10.1. The summed E-state index contributed by atoms with van der Waals surface area (Å²) in [6.45, 7) is 4.43. The minimum absolute atomic E-state index is 0.102. The van der Waals surface area contributed by atoms with E-state index < -0.39 is 12.1 Å². The molecule has 3 aromatic rings. The molecule has 1 aromatic heterocycles. The van der Waals surface area contributed by atoms with E-state index in [1.54, 1.807) is 12.1 Å². The standard InChI is InChI=1S/C22H20O6/c1-13-5-6-14(2)18(10-13)28-20-12-26-19-11-15(7-8-16(19)21(20)23)27-22(24)17-4-3-9-25-17/h5-8,10-12,17H,3-4,9H2,1-2H3. The van der Waals surface area contributed by atoms with Gasteiger partial charge in [0.1, 0.15) is 23.3 Å². The SMILES string of the molecule is Cc1ccc(C)c(Oc2coc3cc(OC(=O)C4CCCO4)ccc3c2=O)c1. The van der Waals surface area contributed by atoms with Gasteiger partial charge in [-0.15, -0.1) is 0 Å². The van der Waals surface area contributed by atoms with E-state index in [0.29, 0.717) is 35.5 Å². The number of esters is 1. The van der Waals surface area contributed by atoms with Crippen LogP contribution in [0.25, 0.3) is 11.0 Å². The fourth-order valence-corrected chi connectivity index (χ4v) is 3.11. The Morgan fingerprint density at radius 1 is 1.11 bits per heavy atom.